The Morgan fingerprint density at radius 1 is 1.16 bits per heavy atom. The Morgan fingerprint density at radius 3 is 2.59 bits per heavy atom. The second-order valence-corrected chi connectivity index (χ2v) is 12.5. The summed E-state index contributed by atoms with van der Waals surface area (Å²) < 4.78 is 35.0. The summed E-state index contributed by atoms with van der Waals surface area (Å²) in [4.78, 5) is 27.8. The van der Waals surface area contributed by atoms with Crippen molar-refractivity contribution in [2.75, 3.05) is 68.2 Å². The van der Waals surface area contributed by atoms with Gasteiger partial charge in [-0.3, -0.25) is 9.36 Å². The minimum absolute atomic E-state index is 0.141. The van der Waals surface area contributed by atoms with Crippen LogP contribution in [-0.4, -0.2) is 82.7 Å². The van der Waals surface area contributed by atoms with Gasteiger partial charge in [0, 0.05) is 55.7 Å². The summed E-state index contributed by atoms with van der Waals surface area (Å²) in [6.07, 6.45) is 2.77. The number of rotatable bonds is 13. The summed E-state index contributed by atoms with van der Waals surface area (Å²) in [6.45, 7) is 7.41. The first-order valence-corrected chi connectivity index (χ1v) is 16.3. The molecule has 3 heterocycles. The van der Waals surface area contributed by atoms with Gasteiger partial charge in [-0.15, -0.1) is 0 Å². The number of hydrogen-bond acceptors (Lipinski definition) is 9. The normalized spacial score (nSPS) is 15.9. The van der Waals surface area contributed by atoms with Crippen LogP contribution in [0.5, 0.6) is 0 Å². The smallest absolute Gasteiger partial charge is 0.276 e. The van der Waals surface area contributed by atoms with Crippen LogP contribution in [0.4, 0.5) is 27.4 Å². The maximum absolute atomic E-state index is 15.3. The first-order chi connectivity index (χ1) is 21.3. The van der Waals surface area contributed by atoms with Gasteiger partial charge in [0.25, 0.3) is 5.56 Å². The molecule has 0 aliphatic carbocycles. The highest BCUT2D eigenvalue weighted by atomic mass is 32.2. The number of nitrogens with zero attached hydrogens (tertiary/aromatic N) is 5. The standard InChI is InChI=1S/C32H40FN7O3S/c1-5-39(6-2)28-18-22-19-34-32(36-24-12-10-23(11-13-24)35-25-14-15-38(3)20-25)37-30(22)40(31(28)41)21-26-27(33)8-7-9-29(26)44(42)17-16-43-4/h7-13,18-19,25,35H,5-6,14-17,20-21H2,1-4H3,(H,34,36,37). The fourth-order valence-electron chi connectivity index (χ4n) is 5.54. The Hall–Kier alpha value is -3.71. The molecule has 1 saturated heterocycles. The number of ether oxygens (including phenoxy) is 1. The predicted molar refractivity (Wildman–Crippen MR) is 175 cm³/mol. The molecule has 44 heavy (non-hydrogen) atoms. The molecule has 1 aliphatic heterocycles. The molecule has 2 unspecified atom stereocenters. The largest absolute Gasteiger partial charge is 0.611 e. The van der Waals surface area contributed by atoms with Crippen molar-refractivity contribution in [2.24, 2.45) is 0 Å². The summed E-state index contributed by atoms with van der Waals surface area (Å²) in [5, 5.41) is 7.45. The van der Waals surface area contributed by atoms with Crippen molar-refractivity contribution >= 4 is 45.2 Å². The van der Waals surface area contributed by atoms with E-state index in [0.29, 0.717) is 46.7 Å². The Labute approximate surface area is 260 Å². The van der Waals surface area contributed by atoms with E-state index in [9.17, 15) is 9.35 Å². The molecule has 2 atom stereocenters. The van der Waals surface area contributed by atoms with Gasteiger partial charge in [0.15, 0.2) is 4.90 Å². The predicted octanol–water partition coefficient (Wildman–Crippen LogP) is 4.44. The Bertz CT molecular complexity index is 1630. The molecule has 0 spiro atoms. The molecular formula is C32H40FN7O3S. The summed E-state index contributed by atoms with van der Waals surface area (Å²) in [6, 6.07) is 14.6. The number of fused-ring (bicyclic) bond motifs is 1. The van der Waals surface area contributed by atoms with E-state index in [4.69, 9.17) is 9.72 Å². The maximum atomic E-state index is 15.3. The summed E-state index contributed by atoms with van der Waals surface area (Å²) >= 11 is -1.52. The zero-order valence-corrected chi connectivity index (χ0v) is 26.5. The van der Waals surface area contributed by atoms with Gasteiger partial charge in [0.1, 0.15) is 22.9 Å². The third kappa shape index (κ3) is 7.15. The molecule has 0 amide bonds. The summed E-state index contributed by atoms with van der Waals surface area (Å²) in [7, 11) is 3.65. The number of methoxy groups -OCH3 is 1. The van der Waals surface area contributed by atoms with E-state index in [0.717, 1.165) is 30.9 Å². The molecular weight excluding hydrogens is 581 g/mol. The van der Waals surface area contributed by atoms with E-state index >= 15 is 4.39 Å². The topological polar surface area (TPSA) is 111 Å². The number of likely N-dealkylation sites (tertiary alicyclic amines) is 1. The first-order valence-electron chi connectivity index (χ1n) is 14.9. The highest BCUT2D eigenvalue weighted by molar-refractivity contribution is 7.91. The van der Waals surface area contributed by atoms with E-state index in [1.165, 1.54) is 23.8 Å². The Kier molecular flexibility index (Phi) is 10.4. The van der Waals surface area contributed by atoms with Crippen LogP contribution in [0.3, 0.4) is 0 Å². The average molecular weight is 622 g/mol. The van der Waals surface area contributed by atoms with Gasteiger partial charge in [-0.1, -0.05) is 6.07 Å². The highest BCUT2D eigenvalue weighted by Crippen LogP contribution is 2.25. The van der Waals surface area contributed by atoms with Crippen molar-refractivity contribution in [1.29, 1.82) is 0 Å². The van der Waals surface area contributed by atoms with E-state index < -0.39 is 17.0 Å². The van der Waals surface area contributed by atoms with E-state index in [1.54, 1.807) is 18.3 Å². The number of benzene rings is 2. The zero-order valence-electron chi connectivity index (χ0n) is 25.7. The lowest BCUT2D eigenvalue weighted by atomic mass is 10.2. The van der Waals surface area contributed by atoms with Crippen molar-refractivity contribution in [3.05, 3.63) is 76.5 Å². The molecule has 2 N–H and O–H groups in total. The van der Waals surface area contributed by atoms with Crippen molar-refractivity contribution in [3.8, 4) is 0 Å². The van der Waals surface area contributed by atoms with Crippen LogP contribution in [0.25, 0.3) is 11.0 Å². The van der Waals surface area contributed by atoms with Crippen molar-refractivity contribution in [1.82, 2.24) is 19.4 Å². The molecule has 234 valence electrons. The number of pyridine rings is 1. The van der Waals surface area contributed by atoms with Crippen molar-refractivity contribution in [3.63, 3.8) is 0 Å². The quantitative estimate of drug-likeness (QED) is 0.210. The van der Waals surface area contributed by atoms with Crippen molar-refractivity contribution < 1.29 is 13.7 Å². The van der Waals surface area contributed by atoms with Crippen LogP contribution in [0.2, 0.25) is 0 Å². The molecule has 1 fully saturated rings. The molecule has 4 aromatic rings. The first kappa shape index (κ1) is 31.7. The van der Waals surface area contributed by atoms with Gasteiger partial charge < -0.3 is 29.7 Å². The molecule has 10 nitrogen and oxygen atoms in total. The lowest BCUT2D eigenvalue weighted by Gasteiger charge is -2.23. The van der Waals surface area contributed by atoms with Crippen LogP contribution < -0.4 is 21.1 Å². The van der Waals surface area contributed by atoms with Gasteiger partial charge in [0.05, 0.1) is 18.7 Å². The van der Waals surface area contributed by atoms with Gasteiger partial charge in [-0.25, -0.2) is 9.37 Å². The number of nitrogens with one attached hydrogen (secondary N) is 2. The van der Waals surface area contributed by atoms with E-state index in [-0.39, 0.29) is 30.0 Å². The number of halogens is 1. The van der Waals surface area contributed by atoms with Crippen LogP contribution in [0.1, 0.15) is 25.8 Å². The van der Waals surface area contributed by atoms with Crippen LogP contribution >= 0.6 is 0 Å². The SMILES string of the molecule is CCN(CC)c1cc2cnc(Nc3ccc(NC4CCN(C)C4)cc3)nc2n(Cc2c(F)cccc2[S+]([O-])CCOC)c1=O. The molecule has 5 rings (SSSR count). The van der Waals surface area contributed by atoms with E-state index in [2.05, 4.69) is 27.6 Å². The second kappa shape index (κ2) is 14.4. The van der Waals surface area contributed by atoms with Crippen LogP contribution in [0.15, 0.2) is 64.4 Å². The van der Waals surface area contributed by atoms with Crippen molar-refractivity contribution in [2.45, 2.75) is 37.8 Å². The minimum Gasteiger partial charge on any atom is -0.611 e. The maximum Gasteiger partial charge on any atom is 0.276 e. The molecule has 2 aromatic heterocycles. The fourth-order valence-corrected chi connectivity index (χ4v) is 6.75. The van der Waals surface area contributed by atoms with E-state index in [1.807, 2.05) is 43.0 Å². The number of hydrogen-bond donors (Lipinski definition) is 2. The van der Waals surface area contributed by atoms with Gasteiger partial charge in [-0.05, 0) is 87.5 Å². The number of anilines is 4. The van der Waals surface area contributed by atoms with Gasteiger partial charge in [0.2, 0.25) is 5.95 Å². The van der Waals surface area contributed by atoms with Gasteiger partial charge >= 0.3 is 0 Å². The summed E-state index contributed by atoms with van der Waals surface area (Å²) in [5.41, 5.74) is 2.53. The fraction of sp³-hybridized carbons (Fsp3) is 0.406. The molecule has 12 heteroatoms. The minimum atomic E-state index is -1.52. The lowest BCUT2D eigenvalue weighted by molar-refractivity contribution is 0.217. The monoisotopic (exact) mass is 621 g/mol. The Morgan fingerprint density at radius 2 is 1.91 bits per heavy atom. The second-order valence-electron chi connectivity index (χ2n) is 10.9. The number of aromatic nitrogens is 3. The molecule has 0 saturated carbocycles. The molecule has 0 bridgehead atoms. The lowest BCUT2D eigenvalue weighted by Crippen LogP contribution is -2.33. The molecule has 1 aliphatic rings. The highest BCUT2D eigenvalue weighted by Gasteiger charge is 2.23. The zero-order chi connectivity index (χ0) is 31.2. The molecule has 0 radical (unpaired) electrons. The Balaban J connectivity index is 1.50. The summed E-state index contributed by atoms with van der Waals surface area (Å²) in [5.74, 6) is -0.0200. The van der Waals surface area contributed by atoms with Crippen LogP contribution in [-0.2, 0) is 22.5 Å². The average Bonchev–Trinajstić information content (AvgIpc) is 3.44. The van der Waals surface area contributed by atoms with Gasteiger partial charge in [-0.2, -0.15) is 4.98 Å². The number of likely N-dealkylation sites (N-methyl/N-ethyl adjacent to an activating group) is 1. The van der Waals surface area contributed by atoms with Crippen LogP contribution in [0, 0.1) is 5.82 Å². The molecule has 2 aromatic carbocycles. The third-order valence-electron chi connectivity index (χ3n) is 7.93. The third-order valence-corrected chi connectivity index (χ3v) is 9.34.